The van der Waals surface area contributed by atoms with Crippen LogP contribution in [0.3, 0.4) is 0 Å². The largest absolute Gasteiger partial charge is 0.280 e. The van der Waals surface area contributed by atoms with Crippen molar-refractivity contribution in [2.75, 3.05) is 0 Å². The highest BCUT2D eigenvalue weighted by Crippen LogP contribution is 2.48. The van der Waals surface area contributed by atoms with E-state index in [1.807, 2.05) is 26.3 Å². The fourth-order valence-electron chi connectivity index (χ4n) is 7.45. The van der Waals surface area contributed by atoms with E-state index >= 15 is 8.78 Å². The molecule has 0 saturated heterocycles. The van der Waals surface area contributed by atoms with Crippen molar-refractivity contribution >= 4 is 23.1 Å². The van der Waals surface area contributed by atoms with Crippen molar-refractivity contribution < 1.29 is 8.78 Å². The Morgan fingerprint density at radius 1 is 1.10 bits per heavy atom. The monoisotopic (exact) mass is 528 g/mol. The van der Waals surface area contributed by atoms with Crippen molar-refractivity contribution in [3.63, 3.8) is 0 Å². The molecule has 4 heteroatoms. The number of hydrogen-bond acceptors (Lipinski definition) is 2. The summed E-state index contributed by atoms with van der Waals surface area (Å²) in [5, 5.41) is 0. The smallest absolute Gasteiger partial charge is 0.251 e. The fourth-order valence-corrected chi connectivity index (χ4v) is 7.45. The maximum absolute atomic E-state index is 15.1. The van der Waals surface area contributed by atoms with Crippen LogP contribution >= 0.6 is 0 Å². The first-order valence-corrected chi connectivity index (χ1v) is 15.0. The van der Waals surface area contributed by atoms with Gasteiger partial charge in [0.1, 0.15) is 6.04 Å². The number of dihydropyridines is 1. The Labute approximate surface area is 232 Å². The van der Waals surface area contributed by atoms with Gasteiger partial charge in [0.25, 0.3) is 5.92 Å². The first-order chi connectivity index (χ1) is 18.6. The lowest BCUT2D eigenvalue weighted by molar-refractivity contribution is -0.0997. The molecule has 1 aromatic carbocycles. The second-order valence-electron chi connectivity index (χ2n) is 13.6. The lowest BCUT2D eigenvalue weighted by atomic mass is 9.66. The minimum Gasteiger partial charge on any atom is -0.280 e. The molecule has 0 radical (unpaired) electrons. The zero-order valence-corrected chi connectivity index (χ0v) is 23.9. The van der Waals surface area contributed by atoms with Gasteiger partial charge in [0.2, 0.25) is 0 Å². The Balaban J connectivity index is 1.21. The van der Waals surface area contributed by atoms with Crippen LogP contribution in [0.5, 0.6) is 0 Å². The van der Waals surface area contributed by atoms with Crippen molar-refractivity contribution in [2.45, 2.75) is 97.4 Å². The van der Waals surface area contributed by atoms with Gasteiger partial charge < -0.3 is 0 Å². The third-order valence-electron chi connectivity index (χ3n) is 9.81. The van der Waals surface area contributed by atoms with E-state index in [2.05, 4.69) is 50.3 Å². The maximum atomic E-state index is 15.1. The van der Waals surface area contributed by atoms with Gasteiger partial charge in [-0.1, -0.05) is 63.6 Å². The molecular weight excluding hydrogens is 486 g/mol. The van der Waals surface area contributed by atoms with Crippen LogP contribution in [0, 0.1) is 23.2 Å². The normalized spacial score (nSPS) is 28.8. The first kappa shape index (κ1) is 26.6. The number of alkyl halides is 2. The van der Waals surface area contributed by atoms with E-state index in [1.54, 1.807) is 0 Å². The summed E-state index contributed by atoms with van der Waals surface area (Å²) >= 11 is 0. The van der Waals surface area contributed by atoms with E-state index in [0.29, 0.717) is 30.6 Å². The Kier molecular flexibility index (Phi) is 6.88. The molecule has 0 N–H and O–H groups in total. The molecule has 0 aromatic heterocycles. The lowest BCUT2D eigenvalue weighted by Gasteiger charge is -2.39. The molecule has 3 atom stereocenters. The van der Waals surface area contributed by atoms with Crippen LogP contribution in [0.1, 0.15) is 95.8 Å². The van der Waals surface area contributed by atoms with Gasteiger partial charge in [0.05, 0.1) is 0 Å². The highest BCUT2D eigenvalue weighted by Gasteiger charge is 2.46. The van der Waals surface area contributed by atoms with Gasteiger partial charge in [-0.2, -0.15) is 0 Å². The van der Waals surface area contributed by atoms with Gasteiger partial charge in [0.15, 0.2) is 0 Å². The van der Waals surface area contributed by atoms with Gasteiger partial charge in [-0.3, -0.25) is 9.98 Å². The molecule has 6 rings (SSSR count). The molecule has 3 aliphatic carbocycles. The summed E-state index contributed by atoms with van der Waals surface area (Å²) in [6, 6.07) is 6.96. The van der Waals surface area contributed by atoms with Gasteiger partial charge in [0, 0.05) is 42.8 Å². The predicted molar refractivity (Wildman–Crippen MR) is 159 cm³/mol. The molecule has 2 heterocycles. The summed E-state index contributed by atoms with van der Waals surface area (Å²) in [4.78, 5) is 9.61. The number of halogens is 2. The molecule has 1 aromatic rings. The number of allylic oxidation sites excluding steroid dienone is 4. The molecule has 0 amide bonds. The molecule has 2 unspecified atom stereocenters. The SMILES string of the molecule is CC1=CC2=CC=C(c3ccc(C4=CN=C([C@@H]5CCC(CC(C)C)C(F)(F)C5)C4)c(CC4(C)CCC4)c3)C2N=C1. The van der Waals surface area contributed by atoms with Crippen molar-refractivity contribution in [3.05, 3.63) is 70.5 Å². The summed E-state index contributed by atoms with van der Waals surface area (Å²) < 4.78 is 30.2. The Morgan fingerprint density at radius 2 is 1.92 bits per heavy atom. The van der Waals surface area contributed by atoms with E-state index in [1.165, 1.54) is 58.2 Å². The van der Waals surface area contributed by atoms with Crippen LogP contribution < -0.4 is 0 Å². The van der Waals surface area contributed by atoms with Crippen LogP contribution in [-0.4, -0.2) is 23.9 Å². The third kappa shape index (κ3) is 5.28. The van der Waals surface area contributed by atoms with Gasteiger partial charge >= 0.3 is 0 Å². The fraction of sp³-hybridized carbons (Fsp3) is 0.543. The summed E-state index contributed by atoms with van der Waals surface area (Å²) in [5.74, 6) is -2.89. The lowest BCUT2D eigenvalue weighted by Crippen LogP contribution is -2.38. The van der Waals surface area contributed by atoms with Gasteiger partial charge in [-0.15, -0.1) is 0 Å². The second-order valence-corrected chi connectivity index (χ2v) is 13.6. The standard InChI is InChI=1S/C35H42F2N2/c1-22(2)14-29-9-6-26(19-35(29,36)37)32-17-28(21-38-32)30-10-7-24(16-27(30)18-34(4)12-5-13-34)31-11-8-25-15-23(3)20-39-33(25)31/h7-8,10-11,15-16,20-22,26,29,33H,5-6,9,12-14,17-19H2,1-4H3/t26-,29?,33?/m1/s1. The molecule has 0 bridgehead atoms. The number of rotatable bonds is 7. The van der Waals surface area contributed by atoms with Crippen LogP contribution in [0.15, 0.2) is 63.8 Å². The van der Waals surface area contributed by atoms with Crippen molar-refractivity contribution in [1.29, 1.82) is 0 Å². The van der Waals surface area contributed by atoms with Crippen LogP contribution in [0.2, 0.25) is 0 Å². The van der Waals surface area contributed by atoms with Crippen molar-refractivity contribution in [1.82, 2.24) is 0 Å². The summed E-state index contributed by atoms with van der Waals surface area (Å²) in [5.41, 5.74) is 10.1. The first-order valence-electron chi connectivity index (χ1n) is 15.0. The van der Waals surface area contributed by atoms with Crippen LogP contribution in [0.4, 0.5) is 8.78 Å². The topological polar surface area (TPSA) is 24.7 Å². The van der Waals surface area contributed by atoms with Crippen molar-refractivity contribution in [3.8, 4) is 0 Å². The summed E-state index contributed by atoms with van der Waals surface area (Å²) in [6.45, 7) is 8.59. The minimum absolute atomic E-state index is 0.0481. The Morgan fingerprint density at radius 3 is 2.64 bits per heavy atom. The third-order valence-corrected chi connectivity index (χ3v) is 9.81. The average Bonchev–Trinajstić information content (AvgIpc) is 3.51. The maximum Gasteiger partial charge on any atom is 0.251 e. The molecule has 5 aliphatic rings. The van der Waals surface area contributed by atoms with E-state index < -0.39 is 11.8 Å². The highest BCUT2D eigenvalue weighted by atomic mass is 19.3. The highest BCUT2D eigenvalue weighted by molar-refractivity contribution is 6.00. The molecule has 2 aliphatic heterocycles. The number of fused-ring (bicyclic) bond motifs is 1. The van der Waals surface area contributed by atoms with E-state index in [0.717, 1.165) is 18.6 Å². The van der Waals surface area contributed by atoms with E-state index in [-0.39, 0.29) is 18.4 Å². The quantitative estimate of drug-likeness (QED) is 0.337. The second kappa shape index (κ2) is 10.1. The van der Waals surface area contributed by atoms with Crippen molar-refractivity contribution in [2.24, 2.45) is 33.2 Å². The zero-order chi connectivity index (χ0) is 27.4. The average molecular weight is 529 g/mol. The Bertz CT molecular complexity index is 1330. The zero-order valence-electron chi connectivity index (χ0n) is 23.9. The van der Waals surface area contributed by atoms with Gasteiger partial charge in [-0.05, 0) is 95.8 Å². The molecule has 0 spiro atoms. The summed E-state index contributed by atoms with van der Waals surface area (Å²) in [6.07, 6.45) is 18.2. The number of aliphatic imine (C=N–C) groups is 2. The summed E-state index contributed by atoms with van der Waals surface area (Å²) in [7, 11) is 0. The van der Waals surface area contributed by atoms with Crippen LogP contribution in [-0.2, 0) is 6.42 Å². The molecule has 39 heavy (non-hydrogen) atoms. The molecule has 2 nitrogen and oxygen atoms in total. The minimum atomic E-state index is -2.60. The molecule has 2 fully saturated rings. The van der Waals surface area contributed by atoms with E-state index in [4.69, 9.17) is 9.98 Å². The molecular formula is C35H42F2N2. The van der Waals surface area contributed by atoms with E-state index in [9.17, 15) is 0 Å². The molecule has 2 saturated carbocycles. The number of hydrogen-bond donors (Lipinski definition) is 0. The predicted octanol–water partition coefficient (Wildman–Crippen LogP) is 9.43. The van der Waals surface area contributed by atoms with Gasteiger partial charge in [-0.25, -0.2) is 8.78 Å². The Hall–Kier alpha value is -2.62. The number of nitrogens with zero attached hydrogens (tertiary/aromatic N) is 2. The number of benzene rings is 1. The van der Waals surface area contributed by atoms with Crippen LogP contribution in [0.25, 0.3) is 11.1 Å². The molecule has 206 valence electrons.